The first-order valence-corrected chi connectivity index (χ1v) is 10.6. The van der Waals surface area contributed by atoms with Gasteiger partial charge in [-0.2, -0.15) is 0 Å². The van der Waals surface area contributed by atoms with Gasteiger partial charge in [0.05, 0.1) is 6.61 Å². The van der Waals surface area contributed by atoms with Crippen LogP contribution in [0.3, 0.4) is 0 Å². The summed E-state index contributed by atoms with van der Waals surface area (Å²) in [7, 11) is 0. The van der Waals surface area contributed by atoms with Gasteiger partial charge in [0, 0.05) is 5.88 Å². The van der Waals surface area contributed by atoms with Crippen LogP contribution in [-0.2, 0) is 17.6 Å². The third-order valence-corrected chi connectivity index (χ3v) is 5.30. The number of carbonyl (C=O) groups is 1. The van der Waals surface area contributed by atoms with Gasteiger partial charge in [0.15, 0.2) is 0 Å². The summed E-state index contributed by atoms with van der Waals surface area (Å²) in [5, 5.41) is 10.8. The molecule has 3 nitrogen and oxygen atoms in total. The van der Waals surface area contributed by atoms with Crippen LogP contribution in [0.1, 0.15) is 91.4 Å². The molecule has 0 bridgehead atoms. The van der Waals surface area contributed by atoms with E-state index >= 15 is 0 Å². The highest BCUT2D eigenvalue weighted by molar-refractivity contribution is 6.18. The van der Waals surface area contributed by atoms with E-state index < -0.39 is 5.97 Å². The van der Waals surface area contributed by atoms with Crippen molar-refractivity contribution in [2.45, 2.75) is 85.5 Å². The fourth-order valence-corrected chi connectivity index (χ4v) is 3.80. The lowest BCUT2D eigenvalue weighted by Gasteiger charge is -2.20. The maximum atomic E-state index is 12.4. The molecule has 0 aromatic heterocycles. The minimum absolute atomic E-state index is 0.0998. The molecule has 1 aromatic carbocycles. The second kappa shape index (κ2) is 12.2. The zero-order valence-electron chi connectivity index (χ0n) is 16.9. The maximum Gasteiger partial charge on any atom is 0.342 e. The van der Waals surface area contributed by atoms with Crippen LogP contribution in [-0.4, -0.2) is 23.6 Å². The second-order valence-electron chi connectivity index (χ2n) is 6.96. The number of ether oxygens (including phenoxy) is 1. The fraction of sp³-hybridized carbons (Fsp3) is 0.682. The molecular weight excluding hydrogens is 348 g/mol. The summed E-state index contributed by atoms with van der Waals surface area (Å²) in [6.45, 7) is 8.20. The van der Waals surface area contributed by atoms with Crippen LogP contribution in [0.5, 0.6) is 5.75 Å². The minimum Gasteiger partial charge on any atom is -0.507 e. The highest BCUT2D eigenvalue weighted by Gasteiger charge is 2.24. The van der Waals surface area contributed by atoms with Gasteiger partial charge in [-0.15, -0.1) is 11.6 Å². The van der Waals surface area contributed by atoms with Gasteiger partial charge in [-0.05, 0) is 62.3 Å². The average molecular weight is 383 g/mol. The Morgan fingerprint density at radius 3 is 2.12 bits per heavy atom. The predicted octanol–water partition coefficient (Wildman–Crippen LogP) is 6.26. The number of phenolic OH excluding ortho intramolecular Hbond substituents is 1. The molecule has 0 radical (unpaired) electrons. The summed E-state index contributed by atoms with van der Waals surface area (Å²) >= 11 is 5.97. The van der Waals surface area contributed by atoms with Crippen molar-refractivity contribution in [3.8, 4) is 5.75 Å². The molecule has 0 aliphatic heterocycles. The summed E-state index contributed by atoms with van der Waals surface area (Å²) in [5.41, 5.74) is 4.13. The fourth-order valence-electron chi connectivity index (χ4n) is 3.61. The molecule has 0 spiro atoms. The zero-order valence-corrected chi connectivity index (χ0v) is 17.7. The van der Waals surface area contributed by atoms with Crippen LogP contribution in [0.15, 0.2) is 0 Å². The third kappa shape index (κ3) is 6.19. The molecule has 0 amide bonds. The average Bonchev–Trinajstić information content (AvgIpc) is 2.60. The normalized spacial score (nSPS) is 11.0. The smallest absolute Gasteiger partial charge is 0.342 e. The quantitative estimate of drug-likeness (QED) is 0.263. The number of rotatable bonds is 12. The standard InChI is InChI=1S/C22H35ClO3/c1-5-7-8-9-10-11-12-13-19-16(3)18(14-15-23)17(4)20(21(19)24)22(25)26-6-2/h24H,5-15H2,1-4H3. The van der Waals surface area contributed by atoms with Crippen LogP contribution < -0.4 is 0 Å². The molecule has 1 N–H and O–H groups in total. The van der Waals surface area contributed by atoms with E-state index in [2.05, 4.69) is 6.92 Å². The van der Waals surface area contributed by atoms with Gasteiger partial charge in [0.25, 0.3) is 0 Å². The summed E-state index contributed by atoms with van der Waals surface area (Å²) in [6, 6.07) is 0. The molecule has 148 valence electrons. The van der Waals surface area contributed by atoms with Gasteiger partial charge in [-0.1, -0.05) is 45.4 Å². The van der Waals surface area contributed by atoms with Gasteiger partial charge < -0.3 is 9.84 Å². The number of carbonyl (C=O) groups excluding carboxylic acids is 1. The van der Waals surface area contributed by atoms with Crippen LogP contribution in [0, 0.1) is 13.8 Å². The van der Waals surface area contributed by atoms with Crippen LogP contribution in [0.25, 0.3) is 0 Å². The van der Waals surface area contributed by atoms with Crippen molar-refractivity contribution in [1.82, 2.24) is 0 Å². The van der Waals surface area contributed by atoms with E-state index in [-0.39, 0.29) is 5.75 Å². The summed E-state index contributed by atoms with van der Waals surface area (Å²) < 4.78 is 5.17. The van der Waals surface area contributed by atoms with Gasteiger partial charge in [-0.25, -0.2) is 4.79 Å². The van der Waals surface area contributed by atoms with E-state index in [1.807, 2.05) is 13.8 Å². The van der Waals surface area contributed by atoms with Gasteiger partial charge in [0.2, 0.25) is 0 Å². The monoisotopic (exact) mass is 382 g/mol. The first kappa shape index (κ1) is 22.8. The van der Waals surface area contributed by atoms with E-state index in [0.717, 1.165) is 41.5 Å². The van der Waals surface area contributed by atoms with E-state index in [1.54, 1.807) is 6.92 Å². The van der Waals surface area contributed by atoms with Crippen molar-refractivity contribution in [2.24, 2.45) is 0 Å². The SMILES string of the molecule is CCCCCCCCCc1c(C)c(CCCl)c(C)c(C(=O)OCC)c1O. The Morgan fingerprint density at radius 1 is 0.923 bits per heavy atom. The lowest BCUT2D eigenvalue weighted by atomic mass is 9.88. The second-order valence-corrected chi connectivity index (χ2v) is 7.34. The van der Waals surface area contributed by atoms with Gasteiger partial charge in [0.1, 0.15) is 11.3 Å². The molecular formula is C22H35ClO3. The first-order valence-electron chi connectivity index (χ1n) is 10.1. The Bertz CT molecular complexity index is 581. The first-order chi connectivity index (χ1) is 12.5. The molecule has 4 heteroatoms. The van der Waals surface area contributed by atoms with Gasteiger partial charge >= 0.3 is 5.97 Å². The number of benzene rings is 1. The summed E-state index contributed by atoms with van der Waals surface area (Å²) in [4.78, 5) is 12.4. The molecule has 0 unspecified atom stereocenters. The maximum absolute atomic E-state index is 12.4. The number of unbranched alkanes of at least 4 members (excludes halogenated alkanes) is 6. The molecule has 0 fully saturated rings. The topological polar surface area (TPSA) is 46.5 Å². The largest absolute Gasteiger partial charge is 0.507 e. The molecule has 1 aromatic rings. The van der Waals surface area contributed by atoms with Crippen LogP contribution in [0.2, 0.25) is 0 Å². The van der Waals surface area contributed by atoms with Crippen molar-refractivity contribution in [2.75, 3.05) is 12.5 Å². The molecule has 26 heavy (non-hydrogen) atoms. The molecule has 0 heterocycles. The highest BCUT2D eigenvalue weighted by Crippen LogP contribution is 2.35. The molecule has 0 atom stereocenters. The van der Waals surface area contributed by atoms with Gasteiger partial charge in [-0.3, -0.25) is 0 Å². The lowest BCUT2D eigenvalue weighted by Crippen LogP contribution is -2.12. The minimum atomic E-state index is -0.445. The molecule has 0 saturated heterocycles. The lowest BCUT2D eigenvalue weighted by molar-refractivity contribution is 0.0522. The third-order valence-electron chi connectivity index (χ3n) is 5.11. The Balaban J connectivity index is 2.97. The van der Waals surface area contributed by atoms with E-state index in [4.69, 9.17) is 16.3 Å². The molecule has 0 aliphatic carbocycles. The van der Waals surface area contributed by atoms with Crippen LogP contribution >= 0.6 is 11.6 Å². The number of hydrogen-bond donors (Lipinski definition) is 1. The molecule has 0 aliphatic rings. The van der Waals surface area contributed by atoms with E-state index in [1.165, 1.54) is 32.1 Å². The number of alkyl halides is 1. The predicted molar refractivity (Wildman–Crippen MR) is 110 cm³/mol. The highest BCUT2D eigenvalue weighted by atomic mass is 35.5. The Labute approximate surface area is 164 Å². The summed E-state index contributed by atoms with van der Waals surface area (Å²) in [6.07, 6.45) is 10.0. The zero-order chi connectivity index (χ0) is 19.5. The van der Waals surface area contributed by atoms with Crippen molar-refractivity contribution in [3.05, 3.63) is 27.8 Å². The number of hydrogen-bond acceptors (Lipinski definition) is 3. The number of phenols is 1. The number of esters is 1. The Morgan fingerprint density at radius 2 is 1.54 bits per heavy atom. The van der Waals surface area contributed by atoms with Crippen molar-refractivity contribution in [1.29, 1.82) is 0 Å². The Kier molecular flexibility index (Phi) is 10.7. The van der Waals surface area contributed by atoms with Crippen molar-refractivity contribution >= 4 is 17.6 Å². The van der Waals surface area contributed by atoms with E-state index in [9.17, 15) is 9.90 Å². The molecule has 0 saturated carbocycles. The van der Waals surface area contributed by atoms with Crippen molar-refractivity contribution < 1.29 is 14.6 Å². The summed E-state index contributed by atoms with van der Waals surface area (Å²) in [5.74, 6) is 0.146. The number of aromatic hydroxyl groups is 1. The van der Waals surface area contributed by atoms with Crippen LogP contribution in [0.4, 0.5) is 0 Å². The van der Waals surface area contributed by atoms with Crippen molar-refractivity contribution in [3.63, 3.8) is 0 Å². The number of halogens is 1. The van der Waals surface area contributed by atoms with E-state index in [0.29, 0.717) is 24.5 Å². The molecule has 1 rings (SSSR count). The Hall–Kier alpha value is -1.22.